The highest BCUT2D eigenvalue weighted by Gasteiger charge is 2.47. The Morgan fingerprint density at radius 3 is 2.17 bits per heavy atom. The lowest BCUT2D eigenvalue weighted by molar-refractivity contribution is 0.274. The Hall–Kier alpha value is -0.480. The Morgan fingerprint density at radius 1 is 1.08 bits per heavy atom. The molecule has 0 aromatic carbocycles. The maximum atomic E-state index is 8.83. The Bertz CT molecular complexity index is 193. The van der Waals surface area contributed by atoms with Crippen molar-refractivity contribution in [1.82, 2.24) is 0 Å². The summed E-state index contributed by atoms with van der Waals surface area (Å²) in [6.07, 6.45) is 5.76. The van der Waals surface area contributed by atoms with Crippen molar-refractivity contribution in [3.63, 3.8) is 0 Å². The summed E-state index contributed by atoms with van der Waals surface area (Å²) < 4.78 is 0. The van der Waals surface area contributed by atoms with E-state index in [0.29, 0.717) is 6.61 Å². The van der Waals surface area contributed by atoms with Crippen LogP contribution in [0.2, 0.25) is 0 Å². The highest BCUT2D eigenvalue weighted by Crippen LogP contribution is 2.53. The molecule has 1 heteroatoms. The van der Waals surface area contributed by atoms with Crippen molar-refractivity contribution in [1.29, 1.82) is 0 Å². The zero-order valence-electron chi connectivity index (χ0n) is 7.42. The van der Waals surface area contributed by atoms with Crippen LogP contribution in [0.4, 0.5) is 0 Å². The van der Waals surface area contributed by atoms with E-state index in [2.05, 4.69) is 11.8 Å². The van der Waals surface area contributed by atoms with Crippen LogP contribution in [0, 0.1) is 29.6 Å². The monoisotopic (exact) mass is 164 g/mol. The highest BCUT2D eigenvalue weighted by molar-refractivity contribution is 5.07. The Labute approximate surface area is 74.2 Å². The molecule has 0 aromatic heterocycles. The van der Waals surface area contributed by atoms with E-state index in [1.54, 1.807) is 0 Å². The summed E-state index contributed by atoms with van der Waals surface area (Å²) in [4.78, 5) is 0. The molecule has 0 saturated heterocycles. The summed E-state index contributed by atoms with van der Waals surface area (Å²) >= 11 is 0. The summed E-state index contributed by atoms with van der Waals surface area (Å²) in [5.74, 6) is 9.04. The number of aliphatic hydroxyl groups is 1. The second-order valence-electron chi connectivity index (χ2n) is 3.93. The van der Waals surface area contributed by atoms with Gasteiger partial charge in [0.15, 0.2) is 0 Å². The molecule has 0 amide bonds. The van der Waals surface area contributed by atoms with Crippen LogP contribution in [0.25, 0.3) is 0 Å². The van der Waals surface area contributed by atoms with Gasteiger partial charge in [-0.2, -0.15) is 0 Å². The number of hydrogen-bond acceptors (Lipinski definition) is 1. The predicted octanol–water partition coefficient (Wildman–Crippen LogP) is 1.81. The molecule has 66 valence electrons. The van der Waals surface area contributed by atoms with Gasteiger partial charge in [0.05, 0.1) is 0 Å². The molecule has 2 aliphatic carbocycles. The maximum absolute atomic E-state index is 8.83. The van der Waals surface area contributed by atoms with Crippen molar-refractivity contribution in [2.45, 2.75) is 32.1 Å². The van der Waals surface area contributed by atoms with E-state index in [4.69, 9.17) is 5.11 Å². The number of hydrogen-bond donors (Lipinski definition) is 1. The van der Waals surface area contributed by atoms with Crippen LogP contribution in [0.15, 0.2) is 0 Å². The summed E-state index contributed by atoms with van der Waals surface area (Å²) in [7, 11) is 0. The molecular weight excluding hydrogens is 148 g/mol. The fourth-order valence-electron chi connectivity index (χ4n) is 2.61. The molecule has 0 aliphatic heterocycles. The standard InChI is InChI=1S/C11H16O/c12-8-7-11-9-5-3-1-2-4-6-10(9)11/h9-12H,3-8H2/t9-,10+,11?. The first kappa shape index (κ1) is 8.13. The van der Waals surface area contributed by atoms with Crippen molar-refractivity contribution < 1.29 is 5.11 Å². The van der Waals surface area contributed by atoms with E-state index in [9.17, 15) is 0 Å². The third-order valence-electron chi connectivity index (χ3n) is 3.30. The number of rotatable bonds is 2. The smallest absolute Gasteiger partial charge is 0.0433 e. The van der Waals surface area contributed by atoms with Gasteiger partial charge < -0.3 is 5.11 Å². The van der Waals surface area contributed by atoms with Gasteiger partial charge in [-0.15, -0.1) is 11.8 Å². The molecule has 1 N–H and O–H groups in total. The molecule has 2 aliphatic rings. The Morgan fingerprint density at radius 2 is 1.67 bits per heavy atom. The van der Waals surface area contributed by atoms with Gasteiger partial charge in [-0.3, -0.25) is 0 Å². The third-order valence-corrected chi connectivity index (χ3v) is 3.30. The van der Waals surface area contributed by atoms with Gasteiger partial charge in [-0.05, 0) is 37.0 Å². The van der Waals surface area contributed by atoms with Crippen LogP contribution < -0.4 is 0 Å². The highest BCUT2D eigenvalue weighted by atomic mass is 16.3. The van der Waals surface area contributed by atoms with Gasteiger partial charge in [0, 0.05) is 19.4 Å². The molecule has 0 bridgehead atoms. The lowest BCUT2D eigenvalue weighted by atomic mass is 10.1. The second-order valence-corrected chi connectivity index (χ2v) is 3.93. The van der Waals surface area contributed by atoms with Gasteiger partial charge in [-0.1, -0.05) is 0 Å². The fraction of sp³-hybridized carbons (Fsp3) is 0.818. The van der Waals surface area contributed by atoms with Crippen LogP contribution in [0.3, 0.4) is 0 Å². The molecule has 12 heavy (non-hydrogen) atoms. The van der Waals surface area contributed by atoms with E-state index in [1.165, 1.54) is 12.8 Å². The molecule has 1 fully saturated rings. The number of fused-ring (bicyclic) bond motifs is 1. The van der Waals surface area contributed by atoms with Crippen molar-refractivity contribution in [2.75, 3.05) is 6.61 Å². The summed E-state index contributed by atoms with van der Waals surface area (Å²) in [5.41, 5.74) is 0. The normalized spacial score (nSPS) is 38.6. The molecule has 0 aromatic rings. The van der Waals surface area contributed by atoms with Crippen molar-refractivity contribution >= 4 is 0 Å². The fourth-order valence-corrected chi connectivity index (χ4v) is 2.61. The van der Waals surface area contributed by atoms with Crippen LogP contribution in [0.5, 0.6) is 0 Å². The quantitative estimate of drug-likeness (QED) is 0.617. The van der Waals surface area contributed by atoms with Gasteiger partial charge in [0.1, 0.15) is 0 Å². The molecule has 1 saturated carbocycles. The molecule has 0 radical (unpaired) electrons. The molecular formula is C11H16O. The lowest BCUT2D eigenvalue weighted by Crippen LogP contribution is -1.87. The summed E-state index contributed by atoms with van der Waals surface area (Å²) in [6.45, 7) is 0.374. The van der Waals surface area contributed by atoms with E-state index in [1.807, 2.05) is 0 Å². The third kappa shape index (κ3) is 1.49. The Balaban J connectivity index is 1.87. The van der Waals surface area contributed by atoms with Gasteiger partial charge in [0.2, 0.25) is 0 Å². The first-order chi connectivity index (χ1) is 5.93. The van der Waals surface area contributed by atoms with E-state index < -0.39 is 0 Å². The van der Waals surface area contributed by atoms with Gasteiger partial charge >= 0.3 is 0 Å². The first-order valence-electron chi connectivity index (χ1n) is 5.00. The summed E-state index contributed by atoms with van der Waals surface area (Å²) in [6, 6.07) is 0. The lowest BCUT2D eigenvalue weighted by Gasteiger charge is -1.96. The molecule has 0 spiro atoms. The van der Waals surface area contributed by atoms with Crippen LogP contribution in [-0.4, -0.2) is 11.7 Å². The molecule has 1 unspecified atom stereocenters. The average Bonchev–Trinajstić information content (AvgIpc) is 2.61. The van der Waals surface area contributed by atoms with Crippen molar-refractivity contribution in [3.05, 3.63) is 0 Å². The minimum atomic E-state index is 0.374. The minimum Gasteiger partial charge on any atom is -0.396 e. The molecule has 0 heterocycles. The SMILES string of the molecule is OCCC1[C@H]2CCC#CCC[C@@H]12. The van der Waals surface area contributed by atoms with Gasteiger partial charge in [-0.25, -0.2) is 0 Å². The van der Waals surface area contributed by atoms with Crippen molar-refractivity contribution in [3.8, 4) is 11.8 Å². The zero-order valence-corrected chi connectivity index (χ0v) is 7.42. The maximum Gasteiger partial charge on any atom is 0.0433 e. The number of aliphatic hydroxyl groups excluding tert-OH is 1. The van der Waals surface area contributed by atoms with Crippen LogP contribution in [0.1, 0.15) is 32.1 Å². The largest absolute Gasteiger partial charge is 0.396 e. The molecule has 2 rings (SSSR count). The molecule has 1 nitrogen and oxygen atoms in total. The Kier molecular flexibility index (Phi) is 2.37. The van der Waals surface area contributed by atoms with E-state index >= 15 is 0 Å². The van der Waals surface area contributed by atoms with Crippen molar-refractivity contribution in [2.24, 2.45) is 17.8 Å². The molecule has 3 atom stereocenters. The summed E-state index contributed by atoms with van der Waals surface area (Å²) in [5, 5.41) is 8.83. The predicted molar refractivity (Wildman–Crippen MR) is 48.4 cm³/mol. The first-order valence-corrected chi connectivity index (χ1v) is 5.00. The zero-order chi connectivity index (χ0) is 8.39. The average molecular weight is 164 g/mol. The van der Waals surface area contributed by atoms with E-state index in [-0.39, 0.29) is 0 Å². The minimum absolute atomic E-state index is 0.374. The van der Waals surface area contributed by atoms with Crippen LogP contribution >= 0.6 is 0 Å². The van der Waals surface area contributed by atoms with E-state index in [0.717, 1.165) is 37.0 Å². The topological polar surface area (TPSA) is 20.2 Å². The second kappa shape index (κ2) is 3.49. The van der Waals surface area contributed by atoms with Gasteiger partial charge in [0.25, 0.3) is 0 Å². The van der Waals surface area contributed by atoms with Crippen LogP contribution in [-0.2, 0) is 0 Å².